The van der Waals surface area contributed by atoms with E-state index in [1.807, 2.05) is 13.0 Å². The first-order valence-electron chi connectivity index (χ1n) is 16.0. The quantitative estimate of drug-likeness (QED) is 0.129. The van der Waals surface area contributed by atoms with Crippen LogP contribution in [-0.2, 0) is 8.85 Å². The molecule has 0 aliphatic rings. The summed E-state index contributed by atoms with van der Waals surface area (Å²) >= 11 is 0. The number of hydrogen-bond donors (Lipinski definition) is 1. The summed E-state index contributed by atoms with van der Waals surface area (Å²) in [5.41, 5.74) is 2.21. The third-order valence-electron chi connectivity index (χ3n) is 9.69. The van der Waals surface area contributed by atoms with Gasteiger partial charge in [0.15, 0.2) is 16.6 Å². The summed E-state index contributed by atoms with van der Waals surface area (Å²) in [6, 6.07) is 13.5. The van der Waals surface area contributed by atoms with E-state index >= 15 is 0 Å². The van der Waals surface area contributed by atoms with Crippen molar-refractivity contribution < 1.29 is 14.0 Å². The Labute approximate surface area is 251 Å². The van der Waals surface area contributed by atoms with E-state index < -0.39 is 27.8 Å². The molecule has 0 fully saturated rings. The van der Waals surface area contributed by atoms with Crippen LogP contribution in [-0.4, -0.2) is 39.6 Å². The zero-order valence-corrected chi connectivity index (χ0v) is 30.3. The summed E-state index contributed by atoms with van der Waals surface area (Å²) in [4.78, 5) is 0. The van der Waals surface area contributed by atoms with E-state index in [2.05, 4.69) is 119 Å². The number of rotatable bonds is 19. The summed E-state index contributed by atoms with van der Waals surface area (Å²) in [6.07, 6.45) is 6.35. The average Bonchev–Trinajstić information content (AvgIpc) is 2.87. The number of benzene rings is 1. The monoisotopic (exact) mass is 588 g/mol. The van der Waals surface area contributed by atoms with E-state index in [9.17, 15) is 5.11 Å². The van der Waals surface area contributed by atoms with Crippen molar-refractivity contribution in [3.8, 4) is 0 Å². The van der Waals surface area contributed by atoms with Crippen LogP contribution in [0.2, 0.25) is 34.8 Å². The Kier molecular flexibility index (Phi) is 14.8. The van der Waals surface area contributed by atoms with Gasteiger partial charge in [-0.1, -0.05) is 124 Å². The van der Waals surface area contributed by atoms with Crippen molar-refractivity contribution in [2.75, 3.05) is 6.61 Å². The summed E-state index contributed by atoms with van der Waals surface area (Å²) in [7, 11) is -3.88. The molecule has 0 aliphatic heterocycles. The molecule has 0 aliphatic carbocycles. The lowest BCUT2D eigenvalue weighted by molar-refractivity contribution is -0.118. The topological polar surface area (TPSA) is 38.7 Å². The van der Waals surface area contributed by atoms with Crippen LogP contribution in [0.25, 0.3) is 6.08 Å². The summed E-state index contributed by atoms with van der Waals surface area (Å²) < 4.78 is 14.0. The highest BCUT2D eigenvalue weighted by Crippen LogP contribution is 2.43. The van der Waals surface area contributed by atoms with E-state index in [1.165, 1.54) is 0 Å². The molecular formula is C35H64O3Si2. The van der Waals surface area contributed by atoms with Crippen LogP contribution in [0.15, 0.2) is 48.6 Å². The molecule has 0 amide bonds. The maximum Gasteiger partial charge on any atom is 0.200 e. The number of hydrogen-bond acceptors (Lipinski definition) is 3. The highest BCUT2D eigenvalue weighted by molar-refractivity contribution is 6.77. The van der Waals surface area contributed by atoms with E-state index in [0.29, 0.717) is 35.4 Å². The van der Waals surface area contributed by atoms with Gasteiger partial charge >= 0.3 is 0 Å². The van der Waals surface area contributed by atoms with Crippen molar-refractivity contribution in [1.82, 2.24) is 0 Å². The van der Waals surface area contributed by atoms with E-state index in [-0.39, 0.29) is 0 Å². The van der Waals surface area contributed by atoms with Crippen LogP contribution in [0.3, 0.4) is 0 Å². The molecule has 0 heterocycles. The van der Waals surface area contributed by atoms with Crippen LogP contribution in [0.4, 0.5) is 0 Å². The molecule has 0 aromatic heterocycles. The third-order valence-corrected chi connectivity index (χ3v) is 20.5. The van der Waals surface area contributed by atoms with Crippen LogP contribution >= 0.6 is 0 Å². The summed E-state index contributed by atoms with van der Waals surface area (Å²) in [6.45, 7) is 32.4. The van der Waals surface area contributed by atoms with Gasteiger partial charge < -0.3 is 14.0 Å². The molecule has 3 atom stereocenters. The molecule has 1 aromatic carbocycles. The van der Waals surface area contributed by atoms with E-state index in [1.54, 1.807) is 0 Å². The van der Waals surface area contributed by atoms with Crippen molar-refractivity contribution in [1.29, 1.82) is 0 Å². The van der Waals surface area contributed by atoms with Gasteiger partial charge in [-0.3, -0.25) is 0 Å². The largest absolute Gasteiger partial charge is 0.416 e. The van der Waals surface area contributed by atoms with E-state index in [4.69, 9.17) is 8.85 Å². The molecule has 0 radical (unpaired) electrons. The lowest BCUT2D eigenvalue weighted by Crippen LogP contribution is -2.58. The zero-order chi connectivity index (χ0) is 30.8. The minimum absolute atomic E-state index is 0.354. The van der Waals surface area contributed by atoms with E-state index in [0.717, 1.165) is 42.3 Å². The maximum absolute atomic E-state index is 12.1. The second-order valence-corrected chi connectivity index (χ2v) is 23.9. The fourth-order valence-corrected chi connectivity index (χ4v) is 15.6. The first kappa shape index (κ1) is 37.0. The van der Waals surface area contributed by atoms with Gasteiger partial charge in [-0.25, -0.2) is 0 Å². The van der Waals surface area contributed by atoms with Gasteiger partial charge in [0, 0.05) is 6.61 Å². The van der Waals surface area contributed by atoms with Gasteiger partial charge in [-0.05, 0) is 79.3 Å². The van der Waals surface area contributed by atoms with Gasteiger partial charge in [0.05, 0.1) is 11.2 Å². The van der Waals surface area contributed by atoms with Gasteiger partial charge in [0.2, 0.25) is 0 Å². The molecule has 1 N–H and O–H groups in total. The summed E-state index contributed by atoms with van der Waals surface area (Å²) in [5, 5.41) is 12.1. The second-order valence-electron chi connectivity index (χ2n) is 13.7. The lowest BCUT2D eigenvalue weighted by atomic mass is 9.78. The molecule has 1 aromatic rings. The number of aliphatic hydroxyl groups is 1. The molecule has 0 saturated heterocycles. The predicted molar refractivity (Wildman–Crippen MR) is 182 cm³/mol. The predicted octanol–water partition coefficient (Wildman–Crippen LogP) is 10.8. The van der Waals surface area contributed by atoms with Crippen LogP contribution in [0.5, 0.6) is 0 Å². The van der Waals surface area contributed by atoms with Crippen LogP contribution in [0.1, 0.15) is 108 Å². The molecule has 1 rings (SSSR count). The fourth-order valence-electron chi connectivity index (χ4n) is 6.88. The molecule has 40 heavy (non-hydrogen) atoms. The Morgan fingerprint density at radius 1 is 0.900 bits per heavy atom. The first-order chi connectivity index (χ1) is 18.5. The Balaban J connectivity index is 3.10. The highest BCUT2D eigenvalue weighted by Gasteiger charge is 2.49. The third kappa shape index (κ3) is 9.52. The molecule has 3 nitrogen and oxygen atoms in total. The average molecular weight is 589 g/mol. The standard InChI is InChI=1S/C35H64O3Si2/c1-14-39(15-2,16-3)38-35(13,24-20-23-33-21-18-17-19-22-33)34(12,36)26-31(10)25-32(11)27-37-40(28(4)5,29(6)7)30(8)9/h17-23,28-30,32,36H,10,14-16,24-27H2,1-9,11-13H3/b23-20-/t32-,34?,35-/m1/s1. The Morgan fingerprint density at radius 3 is 1.85 bits per heavy atom. The SMILES string of the molecule is C=C(C[C@@H](C)CO[Si](C(C)C)(C(C)C)C(C)C)CC(C)(O)[C@@](C)(C/C=C\c1ccccc1)O[Si](CC)(CC)CC. The molecule has 5 heteroatoms. The van der Waals surface area contributed by atoms with Crippen molar-refractivity contribution in [3.05, 3.63) is 54.1 Å². The Hall–Kier alpha value is -0.986. The minimum atomic E-state index is -1.98. The zero-order valence-electron chi connectivity index (χ0n) is 28.3. The molecule has 1 unspecified atom stereocenters. The Morgan fingerprint density at radius 2 is 1.40 bits per heavy atom. The van der Waals surface area contributed by atoms with Gasteiger partial charge in [0.1, 0.15) is 0 Å². The smallest absolute Gasteiger partial charge is 0.200 e. The lowest BCUT2D eigenvalue weighted by Gasteiger charge is -2.48. The molecular weight excluding hydrogens is 525 g/mol. The van der Waals surface area contributed by atoms with Gasteiger partial charge in [-0.2, -0.15) is 0 Å². The molecule has 0 bridgehead atoms. The van der Waals surface area contributed by atoms with Crippen molar-refractivity contribution in [2.24, 2.45) is 5.92 Å². The first-order valence-corrected chi connectivity index (χ1v) is 20.7. The van der Waals surface area contributed by atoms with Crippen LogP contribution < -0.4 is 0 Å². The normalized spacial score (nSPS) is 17.0. The van der Waals surface area contributed by atoms with Crippen LogP contribution in [0, 0.1) is 5.92 Å². The summed E-state index contributed by atoms with van der Waals surface area (Å²) in [5.74, 6) is 0.354. The highest BCUT2D eigenvalue weighted by atomic mass is 28.4. The molecule has 230 valence electrons. The molecule has 0 saturated carbocycles. The van der Waals surface area contributed by atoms with Gasteiger partial charge in [-0.15, -0.1) is 0 Å². The van der Waals surface area contributed by atoms with Crippen molar-refractivity contribution >= 4 is 22.7 Å². The Bertz CT molecular complexity index is 872. The second kappa shape index (κ2) is 16.0. The maximum atomic E-state index is 12.1. The fraction of sp³-hybridized carbons (Fsp3) is 0.714. The van der Waals surface area contributed by atoms with Crippen molar-refractivity contribution in [3.63, 3.8) is 0 Å². The van der Waals surface area contributed by atoms with Gasteiger partial charge in [0.25, 0.3) is 0 Å². The minimum Gasteiger partial charge on any atom is -0.416 e. The van der Waals surface area contributed by atoms with Crippen molar-refractivity contribution in [2.45, 2.75) is 148 Å². The molecule has 0 spiro atoms.